The second-order valence-corrected chi connectivity index (χ2v) is 5.24. The van der Waals surface area contributed by atoms with Gasteiger partial charge in [0.1, 0.15) is 0 Å². The van der Waals surface area contributed by atoms with Crippen LogP contribution in [0.2, 0.25) is 0 Å². The molecule has 0 radical (unpaired) electrons. The van der Waals surface area contributed by atoms with Crippen molar-refractivity contribution in [2.45, 2.75) is 45.6 Å². The van der Waals surface area contributed by atoms with E-state index in [1.807, 2.05) is 19.9 Å². The zero-order valence-corrected chi connectivity index (χ0v) is 10.7. The van der Waals surface area contributed by atoms with Gasteiger partial charge in [0, 0.05) is 0 Å². The van der Waals surface area contributed by atoms with Crippen molar-refractivity contribution in [2.75, 3.05) is 0 Å². The van der Waals surface area contributed by atoms with Crippen molar-refractivity contribution in [3.05, 3.63) is 41.5 Å². The molecule has 0 unspecified atom stereocenters. The van der Waals surface area contributed by atoms with Gasteiger partial charge < -0.3 is 5.11 Å². The fourth-order valence-electron chi connectivity index (χ4n) is 1.51. The van der Waals surface area contributed by atoms with Gasteiger partial charge in [-0.1, -0.05) is 50.3 Å². The van der Waals surface area contributed by atoms with Crippen LogP contribution in [0.4, 0.5) is 0 Å². The van der Waals surface area contributed by atoms with Gasteiger partial charge in [-0.3, -0.25) is 0 Å². The van der Waals surface area contributed by atoms with Crippen molar-refractivity contribution in [1.29, 1.82) is 0 Å². The summed E-state index contributed by atoms with van der Waals surface area (Å²) >= 11 is 0. The molecule has 0 atom stereocenters. The number of hydrogen-bond donors (Lipinski definition) is 1. The molecule has 1 N–H and O–H groups in total. The molecule has 1 nitrogen and oxygen atoms in total. The Hall–Kier alpha value is -1.08. The SMILES string of the molecule is CC(C)c1cccc(C=CCC(C)(C)O)c1. The Morgan fingerprint density at radius 3 is 2.56 bits per heavy atom. The van der Waals surface area contributed by atoms with E-state index in [9.17, 15) is 5.11 Å². The lowest BCUT2D eigenvalue weighted by atomic mass is 10.00. The maximum atomic E-state index is 9.59. The van der Waals surface area contributed by atoms with Gasteiger partial charge in [-0.25, -0.2) is 0 Å². The van der Waals surface area contributed by atoms with Gasteiger partial charge in [-0.05, 0) is 37.3 Å². The smallest absolute Gasteiger partial charge is 0.0626 e. The van der Waals surface area contributed by atoms with Gasteiger partial charge in [-0.15, -0.1) is 0 Å². The lowest BCUT2D eigenvalue weighted by Gasteiger charge is -2.13. The lowest BCUT2D eigenvalue weighted by molar-refractivity contribution is 0.0841. The highest BCUT2D eigenvalue weighted by atomic mass is 16.3. The summed E-state index contributed by atoms with van der Waals surface area (Å²) in [7, 11) is 0. The molecular formula is C15H22O. The van der Waals surface area contributed by atoms with Crippen LogP contribution >= 0.6 is 0 Å². The van der Waals surface area contributed by atoms with E-state index in [1.54, 1.807) is 0 Å². The molecule has 0 bridgehead atoms. The minimum Gasteiger partial charge on any atom is -0.390 e. The Morgan fingerprint density at radius 2 is 2.00 bits per heavy atom. The van der Waals surface area contributed by atoms with Crippen LogP contribution < -0.4 is 0 Å². The summed E-state index contributed by atoms with van der Waals surface area (Å²) in [6.07, 6.45) is 4.78. The summed E-state index contributed by atoms with van der Waals surface area (Å²) in [5.74, 6) is 0.558. The van der Waals surface area contributed by atoms with Gasteiger partial charge >= 0.3 is 0 Å². The molecule has 0 aromatic heterocycles. The molecule has 1 aromatic rings. The van der Waals surface area contributed by atoms with Crippen LogP contribution in [0.25, 0.3) is 6.08 Å². The number of rotatable bonds is 4. The van der Waals surface area contributed by atoms with Gasteiger partial charge in [-0.2, -0.15) is 0 Å². The zero-order valence-electron chi connectivity index (χ0n) is 10.7. The number of benzene rings is 1. The first kappa shape index (κ1) is 13.0. The van der Waals surface area contributed by atoms with Gasteiger partial charge in [0.05, 0.1) is 5.60 Å². The molecule has 0 saturated heterocycles. The minimum atomic E-state index is -0.619. The third-order valence-electron chi connectivity index (χ3n) is 2.51. The Morgan fingerprint density at radius 1 is 1.31 bits per heavy atom. The van der Waals surface area contributed by atoms with Crippen LogP contribution in [0.15, 0.2) is 30.3 Å². The Kier molecular flexibility index (Phi) is 4.31. The van der Waals surface area contributed by atoms with E-state index >= 15 is 0 Å². The van der Waals surface area contributed by atoms with E-state index in [4.69, 9.17) is 0 Å². The van der Waals surface area contributed by atoms with Crippen molar-refractivity contribution in [3.63, 3.8) is 0 Å². The quantitative estimate of drug-likeness (QED) is 0.810. The first-order chi connectivity index (χ1) is 7.38. The number of aliphatic hydroxyl groups is 1. The van der Waals surface area contributed by atoms with Crippen molar-refractivity contribution >= 4 is 6.08 Å². The summed E-state index contributed by atoms with van der Waals surface area (Å²) in [6, 6.07) is 8.52. The highest BCUT2D eigenvalue weighted by Crippen LogP contribution is 2.17. The second kappa shape index (κ2) is 5.31. The van der Waals surface area contributed by atoms with Crippen LogP contribution in [-0.4, -0.2) is 10.7 Å². The maximum absolute atomic E-state index is 9.59. The fourth-order valence-corrected chi connectivity index (χ4v) is 1.51. The van der Waals surface area contributed by atoms with E-state index in [0.29, 0.717) is 12.3 Å². The van der Waals surface area contributed by atoms with E-state index in [1.165, 1.54) is 11.1 Å². The molecule has 1 aromatic carbocycles. The van der Waals surface area contributed by atoms with Crippen LogP contribution in [0, 0.1) is 0 Å². The predicted molar refractivity (Wildman–Crippen MR) is 70.5 cm³/mol. The molecule has 1 heteroatoms. The Balaban J connectivity index is 2.71. The van der Waals surface area contributed by atoms with Gasteiger partial charge in [0.15, 0.2) is 0 Å². The third kappa shape index (κ3) is 4.63. The molecule has 0 saturated carbocycles. The molecule has 88 valence electrons. The van der Waals surface area contributed by atoms with Crippen molar-refractivity contribution in [3.8, 4) is 0 Å². The van der Waals surface area contributed by atoms with Crippen LogP contribution in [0.3, 0.4) is 0 Å². The van der Waals surface area contributed by atoms with E-state index in [-0.39, 0.29) is 0 Å². The molecule has 1 rings (SSSR count). The predicted octanol–water partition coefficient (Wildman–Crippen LogP) is 3.98. The molecule has 0 spiro atoms. The molecule has 0 fully saturated rings. The first-order valence-electron chi connectivity index (χ1n) is 5.87. The number of hydrogen-bond acceptors (Lipinski definition) is 1. The molecular weight excluding hydrogens is 196 g/mol. The topological polar surface area (TPSA) is 20.2 Å². The summed E-state index contributed by atoms with van der Waals surface area (Å²) in [4.78, 5) is 0. The van der Waals surface area contributed by atoms with Gasteiger partial charge in [0.2, 0.25) is 0 Å². The van der Waals surface area contributed by atoms with Crippen molar-refractivity contribution < 1.29 is 5.11 Å². The highest BCUT2D eigenvalue weighted by molar-refractivity contribution is 5.50. The first-order valence-corrected chi connectivity index (χ1v) is 5.87. The minimum absolute atomic E-state index is 0.558. The highest BCUT2D eigenvalue weighted by Gasteiger charge is 2.08. The maximum Gasteiger partial charge on any atom is 0.0626 e. The third-order valence-corrected chi connectivity index (χ3v) is 2.51. The van der Waals surface area contributed by atoms with Crippen LogP contribution in [0.1, 0.15) is 51.2 Å². The Bertz CT molecular complexity index is 356. The summed E-state index contributed by atoms with van der Waals surface area (Å²) in [5.41, 5.74) is 1.94. The van der Waals surface area contributed by atoms with Crippen LogP contribution in [-0.2, 0) is 0 Å². The average Bonchev–Trinajstić information content (AvgIpc) is 2.16. The largest absolute Gasteiger partial charge is 0.390 e. The van der Waals surface area contributed by atoms with E-state index < -0.39 is 5.60 Å². The standard InChI is InChI=1S/C15H22O/c1-12(2)14-9-5-7-13(11-14)8-6-10-15(3,4)16/h5-9,11-12,16H,10H2,1-4H3. The molecule has 0 aliphatic carbocycles. The van der Waals surface area contributed by atoms with Crippen molar-refractivity contribution in [2.24, 2.45) is 0 Å². The van der Waals surface area contributed by atoms with Crippen LogP contribution in [0.5, 0.6) is 0 Å². The lowest BCUT2D eigenvalue weighted by Crippen LogP contribution is -2.16. The summed E-state index contributed by atoms with van der Waals surface area (Å²) in [6.45, 7) is 8.03. The normalized spacial score (nSPS) is 12.6. The fraction of sp³-hybridized carbons (Fsp3) is 0.467. The molecule has 0 amide bonds. The molecule has 0 aliphatic heterocycles. The van der Waals surface area contributed by atoms with E-state index in [2.05, 4.69) is 44.2 Å². The zero-order chi connectivity index (χ0) is 12.2. The Labute approximate surface area is 98.8 Å². The molecule has 16 heavy (non-hydrogen) atoms. The average molecular weight is 218 g/mol. The summed E-state index contributed by atoms with van der Waals surface area (Å²) < 4.78 is 0. The second-order valence-electron chi connectivity index (χ2n) is 5.24. The molecule has 0 heterocycles. The summed E-state index contributed by atoms with van der Waals surface area (Å²) in [5, 5.41) is 9.59. The monoisotopic (exact) mass is 218 g/mol. The van der Waals surface area contributed by atoms with E-state index in [0.717, 1.165) is 0 Å². The van der Waals surface area contributed by atoms with Gasteiger partial charge in [0.25, 0.3) is 0 Å². The van der Waals surface area contributed by atoms with Crippen molar-refractivity contribution in [1.82, 2.24) is 0 Å². The molecule has 0 aliphatic rings.